The maximum absolute atomic E-state index is 11.9. The van der Waals surface area contributed by atoms with E-state index in [1.54, 1.807) is 0 Å². The topological polar surface area (TPSA) is 87.5 Å². The van der Waals surface area contributed by atoms with Crippen molar-refractivity contribution in [2.75, 3.05) is 19.6 Å². The summed E-state index contributed by atoms with van der Waals surface area (Å²) in [6, 6.07) is 8.05. The maximum atomic E-state index is 11.9. The van der Waals surface area contributed by atoms with E-state index < -0.39 is 5.97 Å². The number of imidazole rings is 1. The summed E-state index contributed by atoms with van der Waals surface area (Å²) in [5.41, 5.74) is 2.02. The highest BCUT2D eigenvalue weighted by atomic mass is 16.4. The summed E-state index contributed by atoms with van der Waals surface area (Å²) in [7, 11) is 1.99. The van der Waals surface area contributed by atoms with Crippen molar-refractivity contribution >= 4 is 22.9 Å². The highest BCUT2D eigenvalue weighted by molar-refractivity contribution is 5.82. The van der Waals surface area contributed by atoms with Crippen LogP contribution in [0.5, 0.6) is 0 Å². The third kappa shape index (κ3) is 3.19. The van der Waals surface area contributed by atoms with Gasteiger partial charge in [-0.25, -0.2) is 4.98 Å². The molecule has 7 nitrogen and oxygen atoms in total. The summed E-state index contributed by atoms with van der Waals surface area (Å²) in [6.07, 6.45) is 1.95. The van der Waals surface area contributed by atoms with E-state index in [4.69, 9.17) is 10.1 Å². The van der Waals surface area contributed by atoms with E-state index in [9.17, 15) is 9.59 Å². The van der Waals surface area contributed by atoms with Crippen LogP contribution in [0.3, 0.4) is 0 Å². The number of carbonyl (C=O) groups excluding carboxylic acids is 1. The molecule has 1 aliphatic heterocycles. The number of benzene rings is 1. The number of carboxylic acids is 1. The standard InChI is InChI=1S/C16H20N4O3/c1-19-12-6-3-2-5-11(12)18-16(19)13-7-4-8-20(13)10-14(21)17-9-15(22)23/h2-3,5-6,13H,4,7-10H2,1H3,(H,17,21)(H,22,23). The van der Waals surface area contributed by atoms with Crippen LogP contribution in [0.2, 0.25) is 0 Å². The zero-order valence-electron chi connectivity index (χ0n) is 13.0. The summed E-state index contributed by atoms with van der Waals surface area (Å²) in [6.45, 7) is 0.666. The van der Waals surface area contributed by atoms with Gasteiger partial charge in [-0.1, -0.05) is 12.1 Å². The molecule has 1 amide bonds. The van der Waals surface area contributed by atoms with Crippen molar-refractivity contribution in [3.63, 3.8) is 0 Å². The summed E-state index contributed by atoms with van der Waals surface area (Å²) < 4.78 is 2.08. The van der Waals surface area contributed by atoms with Gasteiger partial charge in [0.05, 0.1) is 23.6 Å². The van der Waals surface area contributed by atoms with Crippen LogP contribution in [0.4, 0.5) is 0 Å². The average Bonchev–Trinajstić information content (AvgIpc) is 3.10. The number of fused-ring (bicyclic) bond motifs is 1. The second-order valence-electron chi connectivity index (χ2n) is 5.82. The Morgan fingerprint density at radius 3 is 2.91 bits per heavy atom. The Hall–Kier alpha value is -2.41. The molecule has 1 aliphatic rings. The number of carboxylic acid groups (broad SMARTS) is 1. The second kappa shape index (κ2) is 6.37. The van der Waals surface area contributed by atoms with Gasteiger partial charge >= 0.3 is 5.97 Å². The number of likely N-dealkylation sites (tertiary alicyclic amines) is 1. The molecule has 0 saturated carbocycles. The predicted molar refractivity (Wildman–Crippen MR) is 84.9 cm³/mol. The minimum absolute atomic E-state index is 0.0861. The number of nitrogens with zero attached hydrogens (tertiary/aromatic N) is 3. The van der Waals surface area contributed by atoms with Gasteiger partial charge < -0.3 is 15.0 Å². The van der Waals surface area contributed by atoms with E-state index in [-0.39, 0.29) is 25.0 Å². The van der Waals surface area contributed by atoms with Crippen molar-refractivity contribution in [2.45, 2.75) is 18.9 Å². The van der Waals surface area contributed by atoms with Crippen LogP contribution in [-0.4, -0.2) is 51.1 Å². The number of amides is 1. The zero-order valence-corrected chi connectivity index (χ0v) is 13.0. The van der Waals surface area contributed by atoms with Crippen LogP contribution in [0.25, 0.3) is 11.0 Å². The van der Waals surface area contributed by atoms with Crippen molar-refractivity contribution in [1.29, 1.82) is 0 Å². The molecule has 2 N–H and O–H groups in total. The Morgan fingerprint density at radius 1 is 1.39 bits per heavy atom. The molecule has 7 heteroatoms. The molecule has 0 radical (unpaired) electrons. The minimum atomic E-state index is -1.04. The lowest BCUT2D eigenvalue weighted by molar-refractivity contribution is -0.138. The Bertz CT molecular complexity index is 740. The van der Waals surface area contributed by atoms with Crippen LogP contribution in [0.1, 0.15) is 24.7 Å². The van der Waals surface area contributed by atoms with Crippen molar-refractivity contribution in [1.82, 2.24) is 19.8 Å². The third-order valence-corrected chi connectivity index (χ3v) is 4.27. The van der Waals surface area contributed by atoms with Gasteiger partial charge in [0.25, 0.3) is 0 Å². The fraction of sp³-hybridized carbons (Fsp3) is 0.438. The van der Waals surface area contributed by atoms with Crippen LogP contribution in [0, 0.1) is 0 Å². The SMILES string of the molecule is Cn1c(C2CCCN2CC(=O)NCC(=O)O)nc2ccccc21. The number of nitrogens with one attached hydrogen (secondary N) is 1. The molecule has 1 fully saturated rings. The van der Waals surface area contributed by atoms with Crippen molar-refractivity contribution in [2.24, 2.45) is 7.05 Å². The van der Waals surface area contributed by atoms with Crippen molar-refractivity contribution in [3.8, 4) is 0 Å². The number of para-hydroxylation sites is 2. The summed E-state index contributed by atoms with van der Waals surface area (Å²) >= 11 is 0. The van der Waals surface area contributed by atoms with E-state index in [2.05, 4.69) is 14.8 Å². The molecule has 2 heterocycles. The predicted octanol–water partition coefficient (Wildman–Crippen LogP) is 0.911. The number of aromatic nitrogens is 2. The molecule has 122 valence electrons. The number of carbonyl (C=O) groups is 2. The largest absolute Gasteiger partial charge is 0.480 e. The summed E-state index contributed by atoms with van der Waals surface area (Å²) in [5, 5.41) is 11.0. The van der Waals surface area contributed by atoms with Gasteiger partial charge in [0.2, 0.25) is 5.91 Å². The first kappa shape index (κ1) is 15.5. The quantitative estimate of drug-likeness (QED) is 0.856. The second-order valence-corrected chi connectivity index (χ2v) is 5.82. The Labute approximate surface area is 133 Å². The van der Waals surface area contributed by atoms with Crippen LogP contribution < -0.4 is 5.32 Å². The molecule has 23 heavy (non-hydrogen) atoms. The molecular formula is C16H20N4O3. The smallest absolute Gasteiger partial charge is 0.322 e. The number of rotatable bonds is 5. The number of hydrogen-bond acceptors (Lipinski definition) is 4. The Morgan fingerprint density at radius 2 is 2.17 bits per heavy atom. The highest BCUT2D eigenvalue weighted by Gasteiger charge is 2.31. The van der Waals surface area contributed by atoms with Gasteiger partial charge in [0, 0.05) is 7.05 Å². The molecule has 1 aromatic carbocycles. The molecule has 1 aromatic heterocycles. The van der Waals surface area contributed by atoms with Gasteiger partial charge in [0.15, 0.2) is 0 Å². The maximum Gasteiger partial charge on any atom is 0.322 e. The lowest BCUT2D eigenvalue weighted by Crippen LogP contribution is -2.39. The first-order valence-electron chi connectivity index (χ1n) is 7.70. The molecule has 1 saturated heterocycles. The van der Waals surface area contributed by atoms with Gasteiger partial charge in [-0.05, 0) is 31.5 Å². The normalized spacial score (nSPS) is 18.4. The number of aliphatic carboxylic acids is 1. The Balaban J connectivity index is 1.76. The van der Waals surface area contributed by atoms with Crippen LogP contribution in [-0.2, 0) is 16.6 Å². The molecule has 1 unspecified atom stereocenters. The highest BCUT2D eigenvalue weighted by Crippen LogP contribution is 2.32. The average molecular weight is 316 g/mol. The van der Waals surface area contributed by atoms with Crippen molar-refractivity contribution < 1.29 is 14.7 Å². The fourth-order valence-corrected chi connectivity index (χ4v) is 3.18. The van der Waals surface area contributed by atoms with E-state index in [1.807, 2.05) is 31.3 Å². The number of aryl methyl sites for hydroxylation is 1. The monoisotopic (exact) mass is 316 g/mol. The van der Waals surface area contributed by atoms with Gasteiger partial charge in [-0.2, -0.15) is 0 Å². The Kier molecular flexibility index (Phi) is 4.29. The lowest BCUT2D eigenvalue weighted by atomic mass is 10.2. The van der Waals surface area contributed by atoms with Crippen molar-refractivity contribution in [3.05, 3.63) is 30.1 Å². The molecule has 0 bridgehead atoms. The summed E-state index contributed by atoms with van der Waals surface area (Å²) in [4.78, 5) is 29.2. The minimum Gasteiger partial charge on any atom is -0.480 e. The first-order valence-corrected chi connectivity index (χ1v) is 7.70. The number of hydrogen-bond donors (Lipinski definition) is 2. The lowest BCUT2D eigenvalue weighted by Gasteiger charge is -2.23. The van der Waals surface area contributed by atoms with E-state index in [1.165, 1.54) is 0 Å². The molecule has 3 rings (SSSR count). The van der Waals surface area contributed by atoms with Gasteiger partial charge in [-0.15, -0.1) is 0 Å². The summed E-state index contributed by atoms with van der Waals surface area (Å²) in [5.74, 6) is -0.348. The molecule has 0 aliphatic carbocycles. The van der Waals surface area contributed by atoms with E-state index in [0.29, 0.717) is 0 Å². The van der Waals surface area contributed by atoms with Gasteiger partial charge in [0.1, 0.15) is 12.4 Å². The van der Waals surface area contributed by atoms with E-state index in [0.717, 1.165) is 36.2 Å². The zero-order chi connectivity index (χ0) is 16.4. The molecule has 1 atom stereocenters. The van der Waals surface area contributed by atoms with Gasteiger partial charge in [-0.3, -0.25) is 14.5 Å². The molecule has 0 spiro atoms. The van der Waals surface area contributed by atoms with E-state index >= 15 is 0 Å². The molecular weight excluding hydrogens is 296 g/mol. The van der Waals surface area contributed by atoms with Crippen LogP contribution in [0.15, 0.2) is 24.3 Å². The first-order chi connectivity index (χ1) is 11.1. The van der Waals surface area contributed by atoms with Crippen LogP contribution >= 0.6 is 0 Å². The third-order valence-electron chi connectivity index (χ3n) is 4.27. The molecule has 2 aromatic rings. The fourth-order valence-electron chi connectivity index (χ4n) is 3.18.